The average Bonchev–Trinajstić information content (AvgIpc) is 2.98. The number of hydrogen-bond acceptors (Lipinski definition) is 9. The topological polar surface area (TPSA) is 177 Å². The van der Waals surface area contributed by atoms with E-state index >= 15 is 0 Å². The highest BCUT2D eigenvalue weighted by Gasteiger charge is 2.71. The largest absolute Gasteiger partial charge is 0.481 e. The molecular formula is C36H58O10. The molecule has 10 nitrogen and oxygen atoms in total. The summed E-state index contributed by atoms with van der Waals surface area (Å²) in [7, 11) is 0. The van der Waals surface area contributed by atoms with Crippen molar-refractivity contribution in [2.45, 2.75) is 142 Å². The molecule has 46 heavy (non-hydrogen) atoms. The molecule has 1 saturated heterocycles. The molecular weight excluding hydrogens is 592 g/mol. The van der Waals surface area contributed by atoms with Gasteiger partial charge in [0.1, 0.15) is 24.4 Å². The van der Waals surface area contributed by atoms with Gasteiger partial charge in [-0.05, 0) is 97.2 Å². The number of fused-ring (bicyclic) bond motifs is 7. The zero-order chi connectivity index (χ0) is 33.8. The number of allylic oxidation sites excluding steroid dienone is 2. The smallest absolute Gasteiger partial charge is 0.310 e. The minimum atomic E-state index is -1.60. The van der Waals surface area contributed by atoms with Crippen LogP contribution < -0.4 is 0 Å². The van der Waals surface area contributed by atoms with Crippen molar-refractivity contribution in [2.24, 2.45) is 50.2 Å². The van der Waals surface area contributed by atoms with Crippen LogP contribution in [0.25, 0.3) is 0 Å². The molecule has 5 aliphatic carbocycles. The zero-order valence-electron chi connectivity index (χ0n) is 28.5. The highest BCUT2D eigenvalue weighted by molar-refractivity contribution is 5.76. The van der Waals surface area contributed by atoms with E-state index in [1.807, 2.05) is 6.92 Å². The first kappa shape index (κ1) is 34.7. The van der Waals surface area contributed by atoms with Crippen molar-refractivity contribution in [1.29, 1.82) is 0 Å². The predicted octanol–water partition coefficient (Wildman–Crippen LogP) is 3.00. The van der Waals surface area contributed by atoms with Crippen molar-refractivity contribution >= 4 is 5.97 Å². The summed E-state index contributed by atoms with van der Waals surface area (Å²) in [4.78, 5) is 13.0. The fourth-order valence-electron chi connectivity index (χ4n) is 12.3. The number of carboxylic acids is 1. The molecule has 10 heteroatoms. The maximum Gasteiger partial charge on any atom is 0.310 e. The van der Waals surface area contributed by atoms with E-state index in [1.165, 1.54) is 5.57 Å². The number of aliphatic hydroxyl groups is 6. The molecule has 0 aromatic carbocycles. The third-order valence-electron chi connectivity index (χ3n) is 15.2. The third kappa shape index (κ3) is 4.60. The molecule has 5 fully saturated rings. The first-order valence-electron chi connectivity index (χ1n) is 17.5. The highest BCUT2D eigenvalue weighted by atomic mass is 16.7. The molecule has 4 saturated carbocycles. The van der Waals surface area contributed by atoms with Gasteiger partial charge in [0.2, 0.25) is 0 Å². The summed E-state index contributed by atoms with van der Waals surface area (Å²) in [5.41, 5.74) is -0.930. The number of rotatable bonds is 5. The average molecular weight is 651 g/mol. The molecule has 262 valence electrons. The van der Waals surface area contributed by atoms with Gasteiger partial charge in [0.05, 0.1) is 30.8 Å². The number of carbonyl (C=O) groups is 1. The lowest BCUT2D eigenvalue weighted by Gasteiger charge is -2.71. The summed E-state index contributed by atoms with van der Waals surface area (Å²) >= 11 is 0. The normalized spacial score (nSPS) is 54.8. The molecule has 7 N–H and O–H groups in total. The Bertz CT molecular complexity index is 1240. The number of aliphatic hydroxyl groups excluding tert-OH is 6. The van der Waals surface area contributed by atoms with Crippen molar-refractivity contribution in [3.8, 4) is 0 Å². The van der Waals surface area contributed by atoms with Crippen LogP contribution in [0.2, 0.25) is 0 Å². The fourth-order valence-corrected chi connectivity index (χ4v) is 12.3. The van der Waals surface area contributed by atoms with Crippen LogP contribution in [-0.4, -0.2) is 97.8 Å². The van der Waals surface area contributed by atoms with Gasteiger partial charge in [-0.1, -0.05) is 53.2 Å². The van der Waals surface area contributed by atoms with Crippen LogP contribution in [0.1, 0.15) is 99.3 Å². The van der Waals surface area contributed by atoms with Crippen LogP contribution in [0.4, 0.5) is 0 Å². The second-order valence-corrected chi connectivity index (χ2v) is 17.9. The van der Waals surface area contributed by atoms with Gasteiger partial charge in [0, 0.05) is 5.41 Å². The van der Waals surface area contributed by atoms with Crippen LogP contribution in [-0.2, 0) is 14.3 Å². The molecule has 1 heterocycles. The van der Waals surface area contributed by atoms with Gasteiger partial charge in [-0.25, -0.2) is 0 Å². The minimum Gasteiger partial charge on any atom is -0.481 e. The first-order chi connectivity index (χ1) is 21.3. The van der Waals surface area contributed by atoms with E-state index in [1.54, 1.807) is 0 Å². The fraction of sp³-hybridized carbons (Fsp3) is 0.917. The van der Waals surface area contributed by atoms with E-state index in [4.69, 9.17) is 9.47 Å². The Morgan fingerprint density at radius 2 is 1.57 bits per heavy atom. The van der Waals surface area contributed by atoms with E-state index in [0.29, 0.717) is 19.3 Å². The molecule has 0 bridgehead atoms. The van der Waals surface area contributed by atoms with Crippen molar-refractivity contribution < 1.29 is 50.0 Å². The molecule has 6 rings (SSSR count). The summed E-state index contributed by atoms with van der Waals surface area (Å²) < 4.78 is 11.9. The van der Waals surface area contributed by atoms with E-state index < -0.39 is 66.3 Å². The first-order valence-corrected chi connectivity index (χ1v) is 17.5. The van der Waals surface area contributed by atoms with Crippen LogP contribution in [0.3, 0.4) is 0 Å². The van der Waals surface area contributed by atoms with E-state index in [9.17, 15) is 40.5 Å². The Hall–Kier alpha value is -1.11. The second-order valence-electron chi connectivity index (χ2n) is 17.9. The Labute approximate surface area is 273 Å². The Kier molecular flexibility index (Phi) is 8.46. The molecule has 0 amide bonds. The minimum absolute atomic E-state index is 0.00627. The SMILES string of the molecule is CC1(C)CC[C@]2(C(=O)O)CC[C@]3(C)C(=CC[C@H]4[C@@]5(C)C[C@H](O)[C@H](O[C@@H]6O[C@H](CO)[C@@H](O)[C@H](O)[C@H]6O)[C@@](C)(CO)[C@H]5CC[C@]43C)[C@@H]2C1. The van der Waals surface area contributed by atoms with E-state index in [2.05, 4.69) is 40.7 Å². The van der Waals surface area contributed by atoms with E-state index in [-0.39, 0.29) is 46.0 Å². The predicted molar refractivity (Wildman–Crippen MR) is 168 cm³/mol. The lowest BCUT2D eigenvalue weighted by Crippen LogP contribution is -2.69. The van der Waals surface area contributed by atoms with Gasteiger partial charge in [-0.3, -0.25) is 4.79 Å². The summed E-state index contributed by atoms with van der Waals surface area (Å²) in [6.07, 6.45) is 0.0131. The maximum absolute atomic E-state index is 13.0. The molecule has 1 aliphatic heterocycles. The van der Waals surface area contributed by atoms with Crippen molar-refractivity contribution in [3.05, 3.63) is 11.6 Å². The quantitative estimate of drug-likeness (QED) is 0.173. The Morgan fingerprint density at radius 3 is 2.20 bits per heavy atom. The third-order valence-corrected chi connectivity index (χ3v) is 15.2. The Morgan fingerprint density at radius 1 is 0.891 bits per heavy atom. The summed E-state index contributed by atoms with van der Waals surface area (Å²) in [6, 6.07) is 0. The maximum atomic E-state index is 13.0. The lowest BCUT2D eigenvalue weighted by atomic mass is 9.33. The van der Waals surface area contributed by atoms with Crippen molar-refractivity contribution in [3.63, 3.8) is 0 Å². The second kappa shape index (κ2) is 11.2. The number of aliphatic carboxylic acids is 1. The van der Waals surface area contributed by atoms with Crippen LogP contribution in [0, 0.1) is 50.2 Å². The van der Waals surface area contributed by atoms with Crippen LogP contribution in [0.15, 0.2) is 11.6 Å². The van der Waals surface area contributed by atoms with Gasteiger partial charge in [0.25, 0.3) is 0 Å². The van der Waals surface area contributed by atoms with Crippen molar-refractivity contribution in [2.75, 3.05) is 13.2 Å². The van der Waals surface area contributed by atoms with Crippen molar-refractivity contribution in [1.82, 2.24) is 0 Å². The van der Waals surface area contributed by atoms with Gasteiger partial charge >= 0.3 is 5.97 Å². The summed E-state index contributed by atoms with van der Waals surface area (Å²) in [5, 5.41) is 74.6. The number of hydrogen-bond donors (Lipinski definition) is 7. The number of carboxylic acid groups (broad SMARTS) is 1. The molecule has 0 aromatic heterocycles. The van der Waals surface area contributed by atoms with Gasteiger partial charge in [-0.15, -0.1) is 0 Å². The standard InChI is InChI=1S/C36H58O10/c1-31(2)11-13-36(30(43)44)14-12-34(5)19(20(36)15-31)7-8-24-32(3)16-21(39)28(33(4,18-38)23(32)9-10-35(24,34)6)46-29-27(42)26(41)25(40)22(17-37)45-29/h7,20-29,37-42H,8-18H2,1-6H3,(H,43,44)/t20-,21-,22+,23-,24-,25+,26-,27+,28-,29-,32-,33-,34+,35+,36-/m0/s1. The highest BCUT2D eigenvalue weighted by Crippen LogP contribution is 2.76. The molecule has 15 atom stereocenters. The molecule has 6 aliphatic rings. The van der Waals surface area contributed by atoms with E-state index in [0.717, 1.165) is 38.5 Å². The monoisotopic (exact) mass is 650 g/mol. The molecule has 0 spiro atoms. The molecule has 0 radical (unpaired) electrons. The van der Waals surface area contributed by atoms with Gasteiger partial charge in [-0.2, -0.15) is 0 Å². The Balaban J connectivity index is 1.34. The van der Waals surface area contributed by atoms with Crippen LogP contribution >= 0.6 is 0 Å². The molecule has 0 unspecified atom stereocenters. The lowest BCUT2D eigenvalue weighted by molar-refractivity contribution is -0.345. The summed E-state index contributed by atoms with van der Waals surface area (Å²) in [5.74, 6) is -0.518. The number of ether oxygens (including phenoxy) is 2. The van der Waals surface area contributed by atoms with Gasteiger partial charge in [0.15, 0.2) is 6.29 Å². The zero-order valence-corrected chi connectivity index (χ0v) is 28.5. The summed E-state index contributed by atoms with van der Waals surface area (Å²) in [6.45, 7) is 12.6. The van der Waals surface area contributed by atoms with Gasteiger partial charge < -0.3 is 45.2 Å². The molecule has 0 aromatic rings. The van der Waals surface area contributed by atoms with Crippen LogP contribution in [0.5, 0.6) is 0 Å².